The lowest BCUT2D eigenvalue weighted by atomic mass is 9.90. The molecule has 848 valence electrons. The minimum atomic E-state index is -1.27. The highest BCUT2D eigenvalue weighted by atomic mass is 16.6. The van der Waals surface area contributed by atoms with Gasteiger partial charge in [0.05, 0.1) is 317 Å². The second-order valence-electron chi connectivity index (χ2n) is 33.5. The molecule has 3 aliphatic rings. The lowest BCUT2D eigenvalue weighted by Gasteiger charge is -2.37. The highest BCUT2D eigenvalue weighted by molar-refractivity contribution is 6.13. The van der Waals surface area contributed by atoms with Crippen molar-refractivity contribution in [2.75, 3.05) is 369 Å². The van der Waals surface area contributed by atoms with E-state index in [1.54, 1.807) is 65.6 Å². The van der Waals surface area contributed by atoms with Crippen LogP contribution in [0.15, 0.2) is 72.8 Å². The van der Waals surface area contributed by atoms with Crippen LogP contribution in [0.4, 0.5) is 0 Å². The molecule has 2 heterocycles. The van der Waals surface area contributed by atoms with Crippen molar-refractivity contribution in [3.8, 4) is 0 Å². The van der Waals surface area contributed by atoms with Crippen molar-refractivity contribution in [3.63, 3.8) is 0 Å². The van der Waals surface area contributed by atoms with Crippen molar-refractivity contribution in [1.29, 1.82) is 0 Å². The van der Waals surface area contributed by atoms with Crippen molar-refractivity contribution < 1.29 is 182 Å². The standard InChI is InChI=1S/C98H158N14O38/c113-84(99-69-86(115)101-72-89(118)107-82(67-78-7-3-1-4-8-78)97(128)103-71-88(117)105-77-150-76-96(126)127)17-27-130-37-40-135-32-22-110(23-33-136-41-38-131-28-18-85(114)100-70-87(116)102-73-90(119)108-83(98(129)104-74-95(124)125)68-79-9-5-2-6-10-79)81-13-11-80(12-14-81)106-91(120)75-109-20-30-133-42-48-141-54-56-143-50-44-137-34-24-111(25-35-138-45-51-144-57-55-142-49-43-134-31-21-109)92(121)19-29-132-39-47-140-53-59-146-61-63-148-65-66-149-64-62-147-60-58-145-52-46-139-36-26-112-93(122)15-16-94(112)123/h1-10,15-16,80-83H,11-14,17-77H2,(H,99,113)(H,100,114)(H,101,115)(H,102,116)(H,103,128)(H,104,129)(H,105,117)(H,106,120)(H,107,118)(H,108,119)(H,124,125)(H,126,127)/t80?,81?,82-,83-/m0/s1. The third kappa shape index (κ3) is 70.6. The van der Waals surface area contributed by atoms with Crippen LogP contribution in [0.1, 0.15) is 56.1 Å². The van der Waals surface area contributed by atoms with Crippen molar-refractivity contribution >= 4 is 88.7 Å². The first kappa shape index (κ1) is 130. The molecule has 13 amide bonds. The molecule has 1 aliphatic carbocycles. The smallest absolute Gasteiger partial charge is 0.329 e. The fourth-order valence-corrected chi connectivity index (χ4v) is 14.1. The first-order valence-electron chi connectivity index (χ1n) is 50.8. The summed E-state index contributed by atoms with van der Waals surface area (Å²) >= 11 is 0. The van der Waals surface area contributed by atoms with Crippen LogP contribution in [0, 0.1) is 0 Å². The fraction of sp³-hybridized carbons (Fsp3) is 0.704. The van der Waals surface area contributed by atoms with E-state index in [1.165, 1.54) is 12.2 Å². The summed E-state index contributed by atoms with van der Waals surface area (Å²) in [5.74, 6) is -9.36. The Morgan fingerprint density at radius 3 is 1.05 bits per heavy atom. The molecule has 2 aliphatic heterocycles. The molecular weight excluding hydrogens is 1980 g/mol. The Morgan fingerprint density at radius 2 is 0.660 bits per heavy atom. The Labute approximate surface area is 874 Å². The van der Waals surface area contributed by atoms with Gasteiger partial charge in [0.1, 0.15) is 32.0 Å². The quantitative estimate of drug-likeness (QED) is 0.0167. The number of ether oxygens (including phenoxy) is 21. The number of hydrogen-bond acceptors (Lipinski definition) is 38. The van der Waals surface area contributed by atoms with Crippen LogP contribution in [0.25, 0.3) is 0 Å². The maximum absolute atomic E-state index is 13.9. The fourth-order valence-electron chi connectivity index (χ4n) is 14.1. The van der Waals surface area contributed by atoms with E-state index in [9.17, 15) is 71.9 Å². The molecule has 2 atom stereocenters. The van der Waals surface area contributed by atoms with Crippen molar-refractivity contribution in [3.05, 3.63) is 83.9 Å². The van der Waals surface area contributed by atoms with Crippen molar-refractivity contribution in [2.24, 2.45) is 0 Å². The van der Waals surface area contributed by atoms with Gasteiger partial charge in [-0.3, -0.25) is 81.8 Å². The summed E-state index contributed by atoms with van der Waals surface area (Å²) in [6.45, 7) is 10.8. The van der Waals surface area contributed by atoms with Crippen molar-refractivity contribution in [1.82, 2.24) is 72.8 Å². The second-order valence-corrected chi connectivity index (χ2v) is 33.5. The molecule has 5 rings (SSSR count). The molecule has 150 heavy (non-hydrogen) atoms. The summed E-state index contributed by atoms with van der Waals surface area (Å²) < 4.78 is 119. The van der Waals surface area contributed by atoms with Crippen LogP contribution in [-0.4, -0.2) is 512 Å². The number of carbonyl (C=O) groups excluding carboxylic acids is 13. The Balaban J connectivity index is 0.962. The van der Waals surface area contributed by atoms with E-state index in [0.717, 1.165) is 17.7 Å². The lowest BCUT2D eigenvalue weighted by molar-refractivity contribution is -0.143. The number of carboxylic acids is 2. The van der Waals surface area contributed by atoms with Crippen LogP contribution in [0.3, 0.4) is 0 Å². The van der Waals surface area contributed by atoms with Gasteiger partial charge in [-0.2, -0.15) is 0 Å². The number of rotatable bonds is 73. The average molecular weight is 2140 g/mol. The predicted octanol–water partition coefficient (Wildman–Crippen LogP) is -5.30. The highest BCUT2D eigenvalue weighted by Gasteiger charge is 2.30. The van der Waals surface area contributed by atoms with Crippen LogP contribution < -0.4 is 53.2 Å². The van der Waals surface area contributed by atoms with E-state index in [0.29, 0.717) is 261 Å². The van der Waals surface area contributed by atoms with E-state index in [-0.39, 0.29) is 147 Å². The monoisotopic (exact) mass is 2140 g/mol. The number of hydrogen-bond donors (Lipinski definition) is 12. The van der Waals surface area contributed by atoms with Gasteiger partial charge in [0, 0.05) is 89.2 Å². The number of nitrogens with zero attached hydrogens (tertiary/aromatic N) is 4. The molecule has 52 heteroatoms. The molecule has 0 unspecified atom stereocenters. The Bertz CT molecular complexity index is 4030. The molecule has 1 saturated carbocycles. The molecule has 0 spiro atoms. The Kier molecular flexibility index (Phi) is 76.2. The lowest BCUT2D eigenvalue weighted by Crippen LogP contribution is -2.52. The van der Waals surface area contributed by atoms with Crippen LogP contribution >= 0.6 is 0 Å². The van der Waals surface area contributed by atoms with E-state index >= 15 is 0 Å². The largest absolute Gasteiger partial charge is 0.480 e. The molecule has 1 saturated heterocycles. The van der Waals surface area contributed by atoms with E-state index < -0.39 is 130 Å². The van der Waals surface area contributed by atoms with Crippen LogP contribution in [0.2, 0.25) is 0 Å². The van der Waals surface area contributed by atoms with Gasteiger partial charge in [0.2, 0.25) is 65.0 Å². The first-order chi connectivity index (χ1) is 73.1. The molecule has 2 aromatic carbocycles. The maximum atomic E-state index is 13.9. The molecule has 2 aromatic rings. The Hall–Kier alpha value is -10.5. The molecule has 0 radical (unpaired) electrons. The molecule has 0 bridgehead atoms. The van der Waals surface area contributed by atoms with Gasteiger partial charge in [-0.25, -0.2) is 4.79 Å². The number of benzene rings is 2. The summed E-state index contributed by atoms with van der Waals surface area (Å²) in [4.78, 5) is 194. The number of carboxylic acid groups (broad SMARTS) is 2. The van der Waals surface area contributed by atoms with E-state index in [4.69, 9.17) is 110 Å². The topological polar surface area (TPSA) is 624 Å². The van der Waals surface area contributed by atoms with Gasteiger partial charge in [-0.05, 0) is 36.8 Å². The minimum absolute atomic E-state index is 0.00109. The number of nitrogens with one attached hydrogen (secondary N) is 10. The molecule has 52 nitrogen and oxygen atoms in total. The summed E-state index contributed by atoms with van der Waals surface area (Å²) in [6, 6.07) is 15.1. The SMILES string of the molecule is O=C(O)CNC(=O)[C@H](Cc1ccccc1)NC(=O)CNC(=O)CNC(=O)CCOCCOCCN(CCOCCOCCC(=O)NCC(=O)NCC(=O)N[C@@H](Cc1ccccc1)C(=O)NCC(=O)NCOCC(=O)O)C1CCC(NC(=O)CN2CCOCCOCCOCCOCCN(C(=O)CCOCCOCCOCCOCCOCCOCCOCCOCCN3C(=O)C=CC3=O)CCOCCOCCOCCOCC2)CC1. The minimum Gasteiger partial charge on any atom is -0.480 e. The van der Waals surface area contributed by atoms with Crippen LogP contribution in [-0.2, 0) is 184 Å². The molecular formula is C98H158N14O38. The molecule has 12 N–H and O–H groups in total. The third-order valence-corrected chi connectivity index (χ3v) is 21.9. The summed E-state index contributed by atoms with van der Waals surface area (Å²) in [5, 5.41) is 42.7. The number of amides is 13. The summed E-state index contributed by atoms with van der Waals surface area (Å²) in [5.41, 5.74) is 1.38. The third-order valence-electron chi connectivity index (χ3n) is 21.9. The van der Waals surface area contributed by atoms with Gasteiger partial charge in [0.15, 0.2) is 0 Å². The number of carbonyl (C=O) groups is 15. The Morgan fingerprint density at radius 1 is 0.333 bits per heavy atom. The summed E-state index contributed by atoms with van der Waals surface area (Å²) in [6.07, 6.45) is 5.42. The zero-order valence-electron chi connectivity index (χ0n) is 86.1. The van der Waals surface area contributed by atoms with Gasteiger partial charge in [-0.1, -0.05) is 60.7 Å². The number of imide groups is 1. The highest BCUT2D eigenvalue weighted by Crippen LogP contribution is 2.24. The molecule has 0 aromatic heterocycles. The molecule has 2 fully saturated rings. The van der Waals surface area contributed by atoms with E-state index in [1.807, 2.05) is 4.90 Å². The van der Waals surface area contributed by atoms with E-state index in [2.05, 4.69) is 58.1 Å². The van der Waals surface area contributed by atoms with Crippen LogP contribution in [0.5, 0.6) is 0 Å². The zero-order chi connectivity index (χ0) is 108. The van der Waals surface area contributed by atoms with Gasteiger partial charge in [-0.15, -0.1) is 0 Å². The average Bonchev–Trinajstić information content (AvgIpc) is 1.83. The predicted molar refractivity (Wildman–Crippen MR) is 531 cm³/mol. The van der Waals surface area contributed by atoms with Crippen molar-refractivity contribution in [2.45, 2.75) is 82.0 Å². The van der Waals surface area contributed by atoms with Gasteiger partial charge in [0.25, 0.3) is 11.8 Å². The first-order valence-corrected chi connectivity index (χ1v) is 50.8. The zero-order valence-corrected chi connectivity index (χ0v) is 86.1. The number of aliphatic carboxylic acids is 2. The second kappa shape index (κ2) is 88.0. The maximum Gasteiger partial charge on any atom is 0.329 e. The normalized spacial score (nSPS) is 16.4. The van der Waals surface area contributed by atoms with Gasteiger partial charge < -0.3 is 168 Å². The summed E-state index contributed by atoms with van der Waals surface area (Å²) in [7, 11) is 0. The van der Waals surface area contributed by atoms with Gasteiger partial charge >= 0.3 is 11.9 Å².